The third kappa shape index (κ3) is 8.52. The number of anilines is 8. The molecule has 0 aromatic heterocycles. The van der Waals surface area contributed by atoms with Crippen molar-refractivity contribution in [3.63, 3.8) is 0 Å². The van der Waals surface area contributed by atoms with Gasteiger partial charge in [-0.15, -0.1) is 0 Å². The van der Waals surface area contributed by atoms with E-state index in [1.165, 1.54) is 60.8 Å². The lowest BCUT2D eigenvalue weighted by Gasteiger charge is -2.37. The maximum atomic E-state index is 2.49. The Morgan fingerprint density at radius 3 is 1.16 bits per heavy atom. The highest BCUT2D eigenvalue weighted by atomic mass is 15.2. The van der Waals surface area contributed by atoms with Gasteiger partial charge in [-0.1, -0.05) is 158 Å². The summed E-state index contributed by atoms with van der Waals surface area (Å²) in [6.07, 6.45) is 14.4. The van der Waals surface area contributed by atoms with E-state index in [0.29, 0.717) is 0 Å². The predicted molar refractivity (Wildman–Crippen MR) is 297 cm³/mol. The number of fused-ring (bicyclic) bond motifs is 3. The van der Waals surface area contributed by atoms with Gasteiger partial charge >= 0.3 is 0 Å². The van der Waals surface area contributed by atoms with Crippen LogP contribution in [0.5, 0.6) is 0 Å². The Hall–Kier alpha value is -8.86. The Morgan fingerprint density at radius 1 is 0.300 bits per heavy atom. The molecule has 0 fully saturated rings. The molecule has 2 aliphatic carbocycles. The lowest BCUT2D eigenvalue weighted by molar-refractivity contribution is 0.770. The van der Waals surface area contributed by atoms with Crippen molar-refractivity contribution in [3.05, 3.63) is 290 Å². The topological polar surface area (TPSA) is 13.0 Å². The molecule has 336 valence electrons. The van der Waals surface area contributed by atoms with E-state index in [-0.39, 0.29) is 6.04 Å². The molecule has 0 bridgehead atoms. The van der Waals surface area contributed by atoms with Gasteiger partial charge in [-0.05, 0) is 167 Å². The summed E-state index contributed by atoms with van der Waals surface area (Å²) in [6.45, 7) is 0. The highest BCUT2D eigenvalue weighted by Gasteiger charge is 2.26. The summed E-state index contributed by atoms with van der Waals surface area (Å²) in [5.41, 5.74) is 12.8. The Morgan fingerprint density at radius 2 is 0.671 bits per heavy atom. The number of rotatable bonds is 12. The normalized spacial score (nSPS) is 14.5. The van der Waals surface area contributed by atoms with Crippen molar-refractivity contribution < 1.29 is 0 Å². The van der Waals surface area contributed by atoms with Crippen LogP contribution in [0.4, 0.5) is 45.5 Å². The molecule has 0 saturated carbocycles. The highest BCUT2D eigenvalue weighted by molar-refractivity contribution is 5.91. The Labute approximate surface area is 410 Å². The van der Waals surface area contributed by atoms with E-state index in [0.717, 1.165) is 53.4 Å². The number of hydrogen-bond donors (Lipinski definition) is 0. The average Bonchev–Trinajstić information content (AvgIpc) is 3.43. The first-order valence-corrected chi connectivity index (χ1v) is 24.4. The summed E-state index contributed by atoms with van der Waals surface area (Å²) in [5.74, 6) is 0. The zero-order chi connectivity index (χ0) is 46.6. The second kappa shape index (κ2) is 19.0. The largest absolute Gasteiger partial charge is 0.334 e. The maximum Gasteiger partial charge on any atom is 0.0561 e. The Kier molecular flexibility index (Phi) is 11.6. The van der Waals surface area contributed by atoms with E-state index < -0.39 is 0 Å². The maximum absolute atomic E-state index is 2.49. The van der Waals surface area contributed by atoms with Crippen molar-refractivity contribution in [1.82, 2.24) is 0 Å². The Balaban J connectivity index is 0.933. The summed E-state index contributed by atoms with van der Waals surface area (Å²) in [7, 11) is 0. The number of hydrogen-bond acceptors (Lipinski definition) is 4. The molecule has 0 heterocycles. The van der Waals surface area contributed by atoms with Gasteiger partial charge in [0.05, 0.1) is 6.04 Å². The summed E-state index contributed by atoms with van der Waals surface area (Å²) < 4.78 is 0. The third-order valence-corrected chi connectivity index (χ3v) is 13.8. The zero-order valence-electron chi connectivity index (χ0n) is 39.0. The van der Waals surface area contributed by atoms with Crippen molar-refractivity contribution in [2.45, 2.75) is 25.3 Å². The predicted octanol–water partition coefficient (Wildman–Crippen LogP) is 17.9. The van der Waals surface area contributed by atoms with Gasteiger partial charge < -0.3 is 19.6 Å². The second-order valence-corrected chi connectivity index (χ2v) is 18.1. The minimum absolute atomic E-state index is 0.117. The van der Waals surface area contributed by atoms with Crippen molar-refractivity contribution in [2.24, 2.45) is 0 Å². The van der Waals surface area contributed by atoms with E-state index in [1.54, 1.807) is 0 Å². The van der Waals surface area contributed by atoms with Crippen molar-refractivity contribution >= 4 is 77.8 Å². The fourth-order valence-electron chi connectivity index (χ4n) is 10.3. The molecule has 4 heteroatoms. The van der Waals surface area contributed by atoms with Gasteiger partial charge in [-0.2, -0.15) is 0 Å². The van der Waals surface area contributed by atoms with Gasteiger partial charge in [0.25, 0.3) is 0 Å². The molecule has 2 aliphatic rings. The Bertz CT molecular complexity index is 3590. The van der Waals surface area contributed by atoms with Crippen LogP contribution in [0, 0.1) is 0 Å². The van der Waals surface area contributed by atoms with Crippen molar-refractivity contribution in [2.75, 3.05) is 19.6 Å². The summed E-state index contributed by atoms with van der Waals surface area (Å²) in [4.78, 5) is 9.76. The SMILES string of the molecule is C1=CC(N(c2ccccc2)c2ccc3ccccc3c2)CC=C1N(C1=CC=C(N(c2ccccc2)c2ccc3ccccc3c2)CC1)c1ccc(N(c2ccccc2)c2ccc3ccccc3c2)cc1. The van der Waals surface area contributed by atoms with Crippen LogP contribution < -0.4 is 19.6 Å². The molecule has 4 nitrogen and oxygen atoms in total. The number of para-hydroxylation sites is 3. The van der Waals surface area contributed by atoms with Crippen molar-refractivity contribution in [3.8, 4) is 0 Å². The summed E-state index contributed by atoms with van der Waals surface area (Å²) in [6, 6.07) is 87.8. The highest BCUT2D eigenvalue weighted by Crippen LogP contribution is 2.42. The molecule has 0 aliphatic heterocycles. The quantitative estimate of drug-likeness (QED) is 0.121. The molecule has 0 radical (unpaired) electrons. The van der Waals surface area contributed by atoms with Gasteiger partial charge in [0, 0.05) is 62.6 Å². The first-order valence-electron chi connectivity index (χ1n) is 24.4. The monoisotopic (exact) mass is 900 g/mol. The smallest absolute Gasteiger partial charge is 0.0561 e. The van der Waals surface area contributed by atoms with E-state index in [2.05, 4.69) is 293 Å². The molecule has 70 heavy (non-hydrogen) atoms. The molecule has 0 spiro atoms. The number of allylic oxidation sites excluding steroid dienone is 5. The van der Waals surface area contributed by atoms with Gasteiger partial charge in [0.15, 0.2) is 0 Å². The standard InChI is InChI=1S/C66H52N4/c1-4-22-55(23-5-1)68(64-31-28-49-16-10-13-19-52(49)46-64)61-40-34-58(35-41-61)67(59-36-42-62(43-37-59)69(56-24-6-2-7-25-56)65-32-29-50-17-11-14-20-53(50)47-65)60-38-44-63(45-39-60)70(57-26-8-3-9-27-57)66-33-30-51-18-12-15-21-54(51)48-66/h1-38,40-42,44,46-48,62H,39,43,45H2. The van der Waals surface area contributed by atoms with Crippen LogP contribution >= 0.6 is 0 Å². The average molecular weight is 901 g/mol. The number of benzene rings is 10. The van der Waals surface area contributed by atoms with Crippen LogP contribution in [0.3, 0.4) is 0 Å². The van der Waals surface area contributed by atoms with E-state index >= 15 is 0 Å². The van der Waals surface area contributed by atoms with Crippen LogP contribution in [0.15, 0.2) is 290 Å². The summed E-state index contributed by atoms with van der Waals surface area (Å²) >= 11 is 0. The fourth-order valence-corrected chi connectivity index (χ4v) is 10.3. The molecule has 1 atom stereocenters. The lowest BCUT2D eigenvalue weighted by atomic mass is 9.99. The van der Waals surface area contributed by atoms with E-state index in [1.807, 2.05) is 0 Å². The molecule has 0 amide bonds. The van der Waals surface area contributed by atoms with E-state index in [9.17, 15) is 0 Å². The van der Waals surface area contributed by atoms with Crippen molar-refractivity contribution in [1.29, 1.82) is 0 Å². The summed E-state index contributed by atoms with van der Waals surface area (Å²) in [5, 5.41) is 7.40. The first kappa shape index (κ1) is 42.5. The van der Waals surface area contributed by atoms with E-state index in [4.69, 9.17) is 0 Å². The first-order chi connectivity index (χ1) is 34.7. The molecule has 1 unspecified atom stereocenters. The molecule has 10 aromatic carbocycles. The molecular weight excluding hydrogens is 849 g/mol. The van der Waals surface area contributed by atoms with Crippen LogP contribution in [0.1, 0.15) is 19.3 Å². The fraction of sp³-hybridized carbons (Fsp3) is 0.0606. The minimum atomic E-state index is 0.117. The molecule has 0 saturated heterocycles. The molecule has 0 N–H and O–H groups in total. The molecule has 10 aromatic rings. The minimum Gasteiger partial charge on any atom is -0.334 e. The molecule has 12 rings (SSSR count). The molecular formula is C66H52N4. The van der Waals surface area contributed by atoms with Gasteiger partial charge in [-0.3, -0.25) is 0 Å². The zero-order valence-corrected chi connectivity index (χ0v) is 39.0. The van der Waals surface area contributed by atoms with Crippen LogP contribution in [-0.4, -0.2) is 6.04 Å². The van der Waals surface area contributed by atoms with Gasteiger partial charge in [0.1, 0.15) is 0 Å². The second-order valence-electron chi connectivity index (χ2n) is 18.1. The van der Waals surface area contributed by atoms with Crippen LogP contribution in [0.25, 0.3) is 32.3 Å². The lowest BCUT2D eigenvalue weighted by Crippen LogP contribution is -2.32. The number of nitrogens with zero attached hydrogens (tertiary/aromatic N) is 4. The van der Waals surface area contributed by atoms with Crippen LogP contribution in [-0.2, 0) is 0 Å². The van der Waals surface area contributed by atoms with Gasteiger partial charge in [-0.25, -0.2) is 0 Å². The van der Waals surface area contributed by atoms with Crippen LogP contribution in [0.2, 0.25) is 0 Å². The van der Waals surface area contributed by atoms with Gasteiger partial charge in [0.2, 0.25) is 0 Å². The third-order valence-electron chi connectivity index (χ3n) is 13.8.